The molecular weight excluding hydrogens is 252 g/mol. The second kappa shape index (κ2) is 5.18. The molecule has 0 saturated heterocycles. The molecule has 1 aliphatic rings. The largest absolute Gasteiger partial charge is 0.378 e. The Hall–Kier alpha value is 0.440. The summed E-state index contributed by atoms with van der Waals surface area (Å²) < 4.78 is 6.00. The van der Waals surface area contributed by atoms with Gasteiger partial charge in [-0.2, -0.15) is 0 Å². The smallest absolute Gasteiger partial charge is 0.0575 e. The summed E-state index contributed by atoms with van der Waals surface area (Å²) >= 11 is 3.53. The predicted octanol–water partition coefficient (Wildman–Crippen LogP) is 4.39. The van der Waals surface area contributed by atoms with Gasteiger partial charge in [0.1, 0.15) is 0 Å². The summed E-state index contributed by atoms with van der Waals surface area (Å²) in [7, 11) is 0. The van der Waals surface area contributed by atoms with E-state index in [1.54, 1.807) is 0 Å². The Bertz CT molecular complexity index is 189. The molecule has 0 heterocycles. The van der Waals surface area contributed by atoms with Crippen molar-refractivity contribution in [1.29, 1.82) is 0 Å². The van der Waals surface area contributed by atoms with Crippen molar-refractivity contribution in [3.8, 4) is 0 Å². The number of alkyl halides is 1. The molecule has 15 heavy (non-hydrogen) atoms. The lowest BCUT2D eigenvalue weighted by atomic mass is 9.76. The highest BCUT2D eigenvalue weighted by molar-refractivity contribution is 9.09. The van der Waals surface area contributed by atoms with E-state index in [0.29, 0.717) is 11.5 Å². The van der Waals surface area contributed by atoms with Crippen LogP contribution in [0.1, 0.15) is 53.4 Å². The van der Waals surface area contributed by atoms with Crippen LogP contribution >= 0.6 is 15.9 Å². The fourth-order valence-corrected chi connectivity index (χ4v) is 2.08. The van der Waals surface area contributed by atoms with Crippen LogP contribution in [0.4, 0.5) is 0 Å². The zero-order chi connectivity index (χ0) is 11.5. The van der Waals surface area contributed by atoms with Crippen LogP contribution < -0.4 is 0 Å². The average Bonchev–Trinajstić information content (AvgIpc) is 2.16. The summed E-state index contributed by atoms with van der Waals surface area (Å²) in [4.78, 5) is 0. The number of halogens is 1. The second-order valence-electron chi connectivity index (χ2n) is 6.47. The van der Waals surface area contributed by atoms with Crippen LogP contribution in [0.3, 0.4) is 0 Å². The minimum atomic E-state index is 0.271. The van der Waals surface area contributed by atoms with E-state index < -0.39 is 0 Å². The molecule has 1 nitrogen and oxygen atoms in total. The summed E-state index contributed by atoms with van der Waals surface area (Å²) in [5.74, 6) is 0. The van der Waals surface area contributed by atoms with Crippen molar-refractivity contribution in [1.82, 2.24) is 0 Å². The van der Waals surface area contributed by atoms with Crippen molar-refractivity contribution in [2.24, 2.45) is 10.8 Å². The molecule has 0 radical (unpaired) electrons. The van der Waals surface area contributed by atoms with E-state index in [1.807, 2.05) is 0 Å². The van der Waals surface area contributed by atoms with Crippen molar-refractivity contribution in [3.63, 3.8) is 0 Å². The number of ether oxygens (including phenoxy) is 1. The van der Waals surface area contributed by atoms with Crippen LogP contribution in [-0.2, 0) is 4.74 Å². The molecule has 0 aromatic carbocycles. The van der Waals surface area contributed by atoms with E-state index in [-0.39, 0.29) is 5.41 Å². The lowest BCUT2D eigenvalue weighted by Gasteiger charge is -2.35. The quantitative estimate of drug-likeness (QED) is 0.692. The van der Waals surface area contributed by atoms with Gasteiger partial charge in [-0.3, -0.25) is 0 Å². The van der Waals surface area contributed by atoms with Gasteiger partial charge < -0.3 is 4.74 Å². The molecule has 0 unspecified atom stereocenters. The molecular formula is C13H25BrO. The first-order valence-electron chi connectivity index (χ1n) is 6.02. The summed E-state index contributed by atoms with van der Waals surface area (Å²) in [6.07, 6.45) is 5.62. The van der Waals surface area contributed by atoms with Crippen LogP contribution in [0.25, 0.3) is 0 Å². The molecule has 0 aromatic rings. The molecule has 0 aliphatic heterocycles. The van der Waals surface area contributed by atoms with Gasteiger partial charge >= 0.3 is 0 Å². The molecule has 2 heteroatoms. The molecule has 1 rings (SSSR count). The fraction of sp³-hybridized carbons (Fsp3) is 1.00. The third kappa shape index (κ3) is 4.86. The molecule has 0 N–H and O–H groups in total. The molecule has 1 aliphatic carbocycles. The summed E-state index contributed by atoms with van der Waals surface area (Å²) in [6.45, 7) is 10.1. The summed E-state index contributed by atoms with van der Waals surface area (Å²) in [5.41, 5.74) is 0.817. The minimum Gasteiger partial charge on any atom is -0.378 e. The van der Waals surface area contributed by atoms with E-state index in [4.69, 9.17) is 4.74 Å². The van der Waals surface area contributed by atoms with Gasteiger partial charge in [-0.25, -0.2) is 0 Å². The molecule has 0 aromatic heterocycles. The van der Waals surface area contributed by atoms with Gasteiger partial charge in [-0.1, -0.05) is 43.6 Å². The first-order valence-corrected chi connectivity index (χ1v) is 7.14. The van der Waals surface area contributed by atoms with Crippen molar-refractivity contribution >= 4 is 15.9 Å². The highest BCUT2D eigenvalue weighted by atomic mass is 79.9. The Balaban J connectivity index is 2.25. The normalized spacial score (nSPS) is 23.0. The molecule has 1 saturated carbocycles. The first-order chi connectivity index (χ1) is 6.85. The van der Waals surface area contributed by atoms with Crippen LogP contribution in [0.5, 0.6) is 0 Å². The van der Waals surface area contributed by atoms with Gasteiger partial charge in [0.15, 0.2) is 0 Å². The Morgan fingerprint density at radius 1 is 1.27 bits per heavy atom. The highest BCUT2D eigenvalue weighted by Crippen LogP contribution is 2.36. The summed E-state index contributed by atoms with van der Waals surface area (Å²) in [5, 5.41) is 1.01. The van der Waals surface area contributed by atoms with Crippen molar-refractivity contribution in [2.75, 3.05) is 11.9 Å². The predicted molar refractivity (Wildman–Crippen MR) is 69.6 cm³/mol. The van der Waals surface area contributed by atoms with Gasteiger partial charge in [0.25, 0.3) is 0 Å². The second-order valence-corrected chi connectivity index (χ2v) is 7.03. The maximum atomic E-state index is 6.00. The van der Waals surface area contributed by atoms with Crippen LogP contribution in [0, 0.1) is 10.8 Å². The Morgan fingerprint density at radius 3 is 2.27 bits per heavy atom. The zero-order valence-corrected chi connectivity index (χ0v) is 12.2. The monoisotopic (exact) mass is 276 g/mol. The molecule has 1 fully saturated rings. The molecule has 0 spiro atoms. The SMILES string of the molecule is CC1(C)CCC(OCC(C)(C)CBr)CC1. The average molecular weight is 277 g/mol. The van der Waals surface area contributed by atoms with E-state index in [9.17, 15) is 0 Å². The van der Waals surface area contributed by atoms with Gasteiger partial charge in [-0.05, 0) is 36.5 Å². The van der Waals surface area contributed by atoms with Crippen LogP contribution in [-0.4, -0.2) is 18.0 Å². The van der Waals surface area contributed by atoms with Crippen molar-refractivity contribution in [2.45, 2.75) is 59.5 Å². The Kier molecular flexibility index (Phi) is 4.66. The van der Waals surface area contributed by atoms with E-state index in [0.717, 1.165) is 11.9 Å². The minimum absolute atomic E-state index is 0.271. The molecule has 0 bridgehead atoms. The summed E-state index contributed by atoms with van der Waals surface area (Å²) in [6, 6.07) is 0. The molecule has 0 amide bonds. The van der Waals surface area contributed by atoms with E-state index >= 15 is 0 Å². The first kappa shape index (κ1) is 13.5. The van der Waals surface area contributed by atoms with Crippen molar-refractivity contribution < 1.29 is 4.74 Å². The third-order valence-corrected chi connectivity index (χ3v) is 4.88. The number of hydrogen-bond donors (Lipinski definition) is 0. The van der Waals surface area contributed by atoms with E-state index in [1.165, 1.54) is 25.7 Å². The maximum Gasteiger partial charge on any atom is 0.0575 e. The topological polar surface area (TPSA) is 9.23 Å². The van der Waals surface area contributed by atoms with Crippen molar-refractivity contribution in [3.05, 3.63) is 0 Å². The molecule has 90 valence electrons. The lowest BCUT2D eigenvalue weighted by molar-refractivity contribution is -0.0252. The van der Waals surface area contributed by atoms with Gasteiger partial charge in [0.05, 0.1) is 12.7 Å². The Labute approximate surface area is 103 Å². The van der Waals surface area contributed by atoms with Gasteiger partial charge in [0, 0.05) is 5.33 Å². The number of hydrogen-bond acceptors (Lipinski definition) is 1. The fourth-order valence-electron chi connectivity index (χ4n) is 1.92. The Morgan fingerprint density at radius 2 is 1.80 bits per heavy atom. The maximum absolute atomic E-state index is 6.00. The van der Waals surface area contributed by atoms with Crippen LogP contribution in [0.15, 0.2) is 0 Å². The van der Waals surface area contributed by atoms with Gasteiger partial charge in [0.2, 0.25) is 0 Å². The lowest BCUT2D eigenvalue weighted by Crippen LogP contribution is -2.30. The standard InChI is InChI=1S/C13H25BrO/c1-12(2)7-5-11(6-8-12)15-10-13(3,4)9-14/h11H,5-10H2,1-4H3. The number of rotatable bonds is 4. The third-order valence-electron chi connectivity index (χ3n) is 3.36. The molecule has 0 atom stereocenters. The van der Waals surface area contributed by atoms with E-state index in [2.05, 4.69) is 43.6 Å². The van der Waals surface area contributed by atoms with Crippen LogP contribution in [0.2, 0.25) is 0 Å². The zero-order valence-electron chi connectivity index (χ0n) is 10.6. The highest BCUT2D eigenvalue weighted by Gasteiger charge is 2.28. The van der Waals surface area contributed by atoms with Gasteiger partial charge in [-0.15, -0.1) is 0 Å².